The average molecular weight is 289 g/mol. The van der Waals surface area contributed by atoms with Crippen molar-refractivity contribution in [1.82, 2.24) is 4.57 Å². The Morgan fingerprint density at radius 2 is 1.95 bits per heavy atom. The van der Waals surface area contributed by atoms with Crippen LogP contribution < -0.4 is 5.32 Å². The fourth-order valence-corrected chi connectivity index (χ4v) is 2.61. The van der Waals surface area contributed by atoms with E-state index in [1.165, 1.54) is 12.1 Å². The van der Waals surface area contributed by atoms with E-state index in [1.807, 2.05) is 36.5 Å². The summed E-state index contributed by atoms with van der Waals surface area (Å²) in [6, 6.07) is 14.4. The summed E-state index contributed by atoms with van der Waals surface area (Å²) in [5, 5.41) is 5.08. The Balaban J connectivity index is 1.71. The lowest BCUT2D eigenvalue weighted by Crippen LogP contribution is -2.09. The minimum absolute atomic E-state index is 0.232. The van der Waals surface area contributed by atoms with Crippen molar-refractivity contribution in [1.29, 1.82) is 0 Å². The summed E-state index contributed by atoms with van der Waals surface area (Å²) in [5.41, 5.74) is 1.82. The number of aromatic nitrogens is 1. The first-order valence-electron chi connectivity index (χ1n) is 6.47. The molecule has 0 saturated heterocycles. The largest absolute Gasteiger partial charge is 0.383 e. The van der Waals surface area contributed by atoms with Gasteiger partial charge in [-0.1, -0.05) is 29.8 Å². The van der Waals surface area contributed by atoms with E-state index in [1.54, 1.807) is 6.07 Å². The Bertz CT molecular complexity index is 736. The molecule has 1 heterocycles. The number of hydrogen-bond donors (Lipinski definition) is 1. The van der Waals surface area contributed by atoms with Gasteiger partial charge < -0.3 is 9.88 Å². The molecule has 2 aromatic carbocycles. The standard InChI is InChI=1S/C16H14ClFN2/c17-15-6-1-3-12-7-9-20(16(12)15)10-8-19-14-5-2-4-13(18)11-14/h1-7,9,11,19H,8,10H2. The second-order valence-corrected chi connectivity index (χ2v) is 5.03. The number of rotatable bonds is 4. The van der Waals surface area contributed by atoms with E-state index in [-0.39, 0.29) is 5.82 Å². The Morgan fingerprint density at radius 1 is 1.10 bits per heavy atom. The number of hydrogen-bond acceptors (Lipinski definition) is 1. The molecule has 0 saturated carbocycles. The highest BCUT2D eigenvalue weighted by Crippen LogP contribution is 2.24. The summed E-state index contributed by atoms with van der Waals surface area (Å²) in [5.74, 6) is -0.232. The zero-order chi connectivity index (χ0) is 13.9. The molecular weight excluding hydrogens is 275 g/mol. The maximum absolute atomic E-state index is 13.1. The van der Waals surface area contributed by atoms with Crippen LogP contribution in [0.5, 0.6) is 0 Å². The van der Waals surface area contributed by atoms with Crippen LogP contribution in [-0.4, -0.2) is 11.1 Å². The third-order valence-electron chi connectivity index (χ3n) is 3.25. The van der Waals surface area contributed by atoms with Crippen LogP contribution in [0.3, 0.4) is 0 Å². The van der Waals surface area contributed by atoms with E-state index in [9.17, 15) is 4.39 Å². The molecule has 0 atom stereocenters. The molecule has 0 spiro atoms. The van der Waals surface area contributed by atoms with Gasteiger partial charge in [0, 0.05) is 30.4 Å². The maximum Gasteiger partial charge on any atom is 0.125 e. The van der Waals surface area contributed by atoms with Gasteiger partial charge in [0.05, 0.1) is 10.5 Å². The van der Waals surface area contributed by atoms with Crippen molar-refractivity contribution in [2.24, 2.45) is 0 Å². The fourth-order valence-electron chi connectivity index (χ4n) is 2.32. The molecule has 102 valence electrons. The first-order valence-corrected chi connectivity index (χ1v) is 6.84. The summed E-state index contributed by atoms with van der Waals surface area (Å²) in [4.78, 5) is 0. The van der Waals surface area contributed by atoms with Crippen LogP contribution in [0.15, 0.2) is 54.7 Å². The van der Waals surface area contributed by atoms with Crippen molar-refractivity contribution in [2.45, 2.75) is 6.54 Å². The van der Waals surface area contributed by atoms with Crippen LogP contribution >= 0.6 is 11.6 Å². The van der Waals surface area contributed by atoms with Gasteiger partial charge in [-0.3, -0.25) is 0 Å². The SMILES string of the molecule is Fc1cccc(NCCn2ccc3cccc(Cl)c32)c1. The topological polar surface area (TPSA) is 17.0 Å². The van der Waals surface area contributed by atoms with Gasteiger partial charge in [-0.15, -0.1) is 0 Å². The van der Waals surface area contributed by atoms with E-state index in [0.29, 0.717) is 6.54 Å². The lowest BCUT2D eigenvalue weighted by molar-refractivity contribution is 0.628. The van der Waals surface area contributed by atoms with E-state index in [4.69, 9.17) is 11.6 Å². The lowest BCUT2D eigenvalue weighted by Gasteiger charge is -2.09. The molecule has 3 aromatic rings. The van der Waals surface area contributed by atoms with Crippen LogP contribution in [0, 0.1) is 5.82 Å². The summed E-state index contributed by atoms with van der Waals surface area (Å²) in [6.45, 7) is 1.47. The lowest BCUT2D eigenvalue weighted by atomic mass is 10.2. The highest BCUT2D eigenvalue weighted by molar-refractivity contribution is 6.35. The predicted molar refractivity (Wildman–Crippen MR) is 81.8 cm³/mol. The van der Waals surface area contributed by atoms with Crippen LogP contribution in [0.2, 0.25) is 5.02 Å². The van der Waals surface area contributed by atoms with Gasteiger partial charge >= 0.3 is 0 Å². The minimum atomic E-state index is -0.232. The number of fused-ring (bicyclic) bond motifs is 1. The first kappa shape index (κ1) is 13.0. The van der Waals surface area contributed by atoms with E-state index >= 15 is 0 Å². The van der Waals surface area contributed by atoms with Gasteiger partial charge in [-0.25, -0.2) is 4.39 Å². The van der Waals surface area contributed by atoms with Gasteiger partial charge in [0.1, 0.15) is 5.82 Å². The molecule has 0 aliphatic carbocycles. The third-order valence-corrected chi connectivity index (χ3v) is 3.55. The van der Waals surface area contributed by atoms with Crippen molar-refractivity contribution in [3.8, 4) is 0 Å². The highest BCUT2D eigenvalue weighted by atomic mass is 35.5. The molecule has 1 N–H and O–H groups in total. The van der Waals surface area contributed by atoms with Crippen molar-refractivity contribution in [2.75, 3.05) is 11.9 Å². The van der Waals surface area contributed by atoms with Crippen molar-refractivity contribution >= 4 is 28.2 Å². The minimum Gasteiger partial charge on any atom is -0.383 e. The number of nitrogens with one attached hydrogen (secondary N) is 1. The number of nitrogens with zero attached hydrogens (tertiary/aromatic N) is 1. The van der Waals surface area contributed by atoms with Gasteiger partial charge in [0.15, 0.2) is 0 Å². The molecule has 0 fully saturated rings. The monoisotopic (exact) mass is 288 g/mol. The smallest absolute Gasteiger partial charge is 0.125 e. The second kappa shape index (κ2) is 5.55. The van der Waals surface area contributed by atoms with Gasteiger partial charge in [0.2, 0.25) is 0 Å². The van der Waals surface area contributed by atoms with Gasteiger partial charge in [0.25, 0.3) is 0 Å². The molecular formula is C16H14ClFN2. The van der Waals surface area contributed by atoms with E-state index in [0.717, 1.165) is 28.2 Å². The Kier molecular flexibility index (Phi) is 3.61. The molecule has 0 aliphatic heterocycles. The predicted octanol–water partition coefficient (Wildman–Crippen LogP) is 4.55. The number of anilines is 1. The van der Waals surface area contributed by atoms with Gasteiger partial charge in [-0.05, 0) is 30.3 Å². The Labute approximate surface area is 121 Å². The quantitative estimate of drug-likeness (QED) is 0.745. The molecule has 2 nitrogen and oxygen atoms in total. The van der Waals surface area contributed by atoms with Crippen LogP contribution in [0.4, 0.5) is 10.1 Å². The summed E-state index contributed by atoms with van der Waals surface area (Å²) in [7, 11) is 0. The molecule has 0 bridgehead atoms. The molecule has 4 heteroatoms. The summed E-state index contributed by atoms with van der Waals surface area (Å²) in [6.07, 6.45) is 2.02. The normalized spacial score (nSPS) is 10.9. The molecule has 20 heavy (non-hydrogen) atoms. The Morgan fingerprint density at radius 3 is 2.80 bits per heavy atom. The van der Waals surface area contributed by atoms with Crippen LogP contribution in [0.1, 0.15) is 0 Å². The van der Waals surface area contributed by atoms with Crippen molar-refractivity contribution < 1.29 is 4.39 Å². The summed E-state index contributed by atoms with van der Waals surface area (Å²) < 4.78 is 15.2. The number of para-hydroxylation sites is 1. The number of benzene rings is 2. The second-order valence-electron chi connectivity index (χ2n) is 4.62. The number of halogens is 2. The molecule has 0 unspecified atom stereocenters. The zero-order valence-electron chi connectivity index (χ0n) is 10.8. The van der Waals surface area contributed by atoms with Crippen LogP contribution in [0.25, 0.3) is 10.9 Å². The fraction of sp³-hybridized carbons (Fsp3) is 0.125. The molecule has 0 amide bonds. The average Bonchev–Trinajstić information content (AvgIpc) is 2.84. The van der Waals surface area contributed by atoms with Gasteiger partial charge in [-0.2, -0.15) is 0 Å². The third kappa shape index (κ3) is 2.63. The van der Waals surface area contributed by atoms with E-state index in [2.05, 4.69) is 9.88 Å². The van der Waals surface area contributed by atoms with Crippen molar-refractivity contribution in [3.05, 3.63) is 65.6 Å². The zero-order valence-corrected chi connectivity index (χ0v) is 11.6. The van der Waals surface area contributed by atoms with E-state index < -0.39 is 0 Å². The van der Waals surface area contributed by atoms with Crippen molar-refractivity contribution in [3.63, 3.8) is 0 Å². The summed E-state index contributed by atoms with van der Waals surface area (Å²) >= 11 is 6.23. The molecule has 0 radical (unpaired) electrons. The maximum atomic E-state index is 13.1. The Hall–Kier alpha value is -2.00. The molecule has 0 aliphatic rings. The molecule has 1 aromatic heterocycles. The first-order chi connectivity index (χ1) is 9.74. The molecule has 3 rings (SSSR count). The highest BCUT2D eigenvalue weighted by Gasteiger charge is 2.04. The van der Waals surface area contributed by atoms with Crippen LogP contribution in [-0.2, 0) is 6.54 Å².